The van der Waals surface area contributed by atoms with E-state index in [-0.39, 0.29) is 0 Å². The lowest BCUT2D eigenvalue weighted by molar-refractivity contribution is 0.290. The van der Waals surface area contributed by atoms with Gasteiger partial charge in [0.2, 0.25) is 0 Å². The zero-order valence-corrected chi connectivity index (χ0v) is 8.84. The van der Waals surface area contributed by atoms with Gasteiger partial charge >= 0.3 is 0 Å². The van der Waals surface area contributed by atoms with Crippen LogP contribution >= 0.6 is 0 Å². The molecule has 74 valence electrons. The van der Waals surface area contributed by atoms with Crippen molar-refractivity contribution in [1.82, 2.24) is 0 Å². The highest BCUT2D eigenvalue weighted by Gasteiger charge is 2.31. The number of hydrogen-bond donors (Lipinski definition) is 0. The SMILES string of the molecule is COS(C)(=O)(OC)c1ccccc1. The Labute approximate surface area is 78.5 Å². The molecule has 0 radical (unpaired) electrons. The second-order valence-corrected chi connectivity index (χ2v) is 6.26. The Morgan fingerprint density at radius 1 is 1.08 bits per heavy atom. The fourth-order valence-corrected chi connectivity index (χ4v) is 2.27. The summed E-state index contributed by atoms with van der Waals surface area (Å²) in [4.78, 5) is 0.560. The van der Waals surface area contributed by atoms with E-state index in [1.807, 2.05) is 6.07 Å². The van der Waals surface area contributed by atoms with Crippen LogP contribution in [0, 0.1) is 0 Å². The van der Waals surface area contributed by atoms with Gasteiger partial charge in [-0.2, -0.15) is 0 Å². The van der Waals surface area contributed by atoms with Gasteiger partial charge in [-0.3, -0.25) is 8.37 Å². The van der Waals surface area contributed by atoms with Gasteiger partial charge in [0.1, 0.15) is 9.63 Å². The van der Waals surface area contributed by atoms with Crippen LogP contribution in [0.3, 0.4) is 0 Å². The summed E-state index contributed by atoms with van der Waals surface area (Å²) in [6.45, 7) is 0. The fourth-order valence-electron chi connectivity index (χ4n) is 0.984. The summed E-state index contributed by atoms with van der Waals surface area (Å²) in [5, 5.41) is 0. The quantitative estimate of drug-likeness (QED) is 0.747. The number of rotatable bonds is 3. The molecule has 1 aromatic carbocycles. The molecule has 0 spiro atoms. The minimum absolute atomic E-state index is 0.560. The van der Waals surface area contributed by atoms with E-state index >= 15 is 0 Å². The van der Waals surface area contributed by atoms with Gasteiger partial charge < -0.3 is 0 Å². The zero-order valence-electron chi connectivity index (χ0n) is 8.02. The van der Waals surface area contributed by atoms with E-state index in [2.05, 4.69) is 0 Å². The first-order chi connectivity index (χ1) is 6.02. The molecule has 0 N–H and O–H groups in total. The maximum atomic E-state index is 12.3. The van der Waals surface area contributed by atoms with Gasteiger partial charge in [0.15, 0.2) is 0 Å². The second kappa shape index (κ2) is 3.21. The fraction of sp³-hybridized carbons (Fsp3) is 0.333. The van der Waals surface area contributed by atoms with E-state index in [4.69, 9.17) is 8.37 Å². The van der Waals surface area contributed by atoms with E-state index in [1.54, 1.807) is 24.3 Å². The van der Waals surface area contributed by atoms with Crippen LogP contribution in [-0.2, 0) is 18.0 Å². The van der Waals surface area contributed by atoms with Crippen molar-refractivity contribution in [3.05, 3.63) is 30.3 Å². The Hall–Kier alpha value is -0.710. The Balaban J connectivity index is 3.28. The Morgan fingerprint density at radius 2 is 1.54 bits per heavy atom. The van der Waals surface area contributed by atoms with Crippen molar-refractivity contribution in [2.45, 2.75) is 4.90 Å². The molecule has 0 atom stereocenters. The Bertz CT molecular complexity index is 337. The summed E-state index contributed by atoms with van der Waals surface area (Å²) in [7, 11) is -0.778. The van der Waals surface area contributed by atoms with E-state index in [0.717, 1.165) is 0 Å². The first-order valence-corrected chi connectivity index (χ1v) is 6.06. The van der Waals surface area contributed by atoms with E-state index in [9.17, 15) is 4.21 Å². The van der Waals surface area contributed by atoms with Crippen molar-refractivity contribution < 1.29 is 12.6 Å². The summed E-state index contributed by atoms with van der Waals surface area (Å²) in [5.74, 6) is 0. The van der Waals surface area contributed by atoms with Crippen LogP contribution in [0.2, 0.25) is 0 Å². The minimum Gasteiger partial charge on any atom is -0.292 e. The average molecular weight is 202 g/mol. The van der Waals surface area contributed by atoms with Gasteiger partial charge in [0, 0.05) is 6.26 Å². The molecule has 1 rings (SSSR count). The largest absolute Gasteiger partial charge is 0.292 e. The summed E-state index contributed by atoms with van der Waals surface area (Å²) in [5.41, 5.74) is 0. The molecule has 4 heteroatoms. The van der Waals surface area contributed by atoms with Crippen LogP contribution in [0.1, 0.15) is 0 Å². The van der Waals surface area contributed by atoms with Crippen molar-refractivity contribution in [2.75, 3.05) is 20.5 Å². The molecule has 0 bridgehead atoms. The molecular weight excluding hydrogens is 188 g/mol. The third kappa shape index (κ3) is 1.80. The molecule has 3 nitrogen and oxygen atoms in total. The van der Waals surface area contributed by atoms with Gasteiger partial charge in [0.25, 0.3) is 0 Å². The molecule has 0 aliphatic rings. The first kappa shape index (κ1) is 10.4. The summed E-state index contributed by atoms with van der Waals surface area (Å²) >= 11 is 0. The third-order valence-electron chi connectivity index (χ3n) is 2.04. The molecule has 13 heavy (non-hydrogen) atoms. The van der Waals surface area contributed by atoms with Crippen molar-refractivity contribution in [2.24, 2.45) is 0 Å². The van der Waals surface area contributed by atoms with Crippen molar-refractivity contribution in [3.63, 3.8) is 0 Å². The first-order valence-electron chi connectivity index (χ1n) is 3.84. The molecule has 0 unspecified atom stereocenters. The number of benzene rings is 1. The highest BCUT2D eigenvalue weighted by atomic mass is 32.3. The van der Waals surface area contributed by atoms with Crippen LogP contribution < -0.4 is 0 Å². The molecule has 0 aliphatic carbocycles. The zero-order chi connectivity index (χ0) is 9.97. The van der Waals surface area contributed by atoms with E-state index in [1.165, 1.54) is 20.5 Å². The molecule has 0 heterocycles. The number of hydrogen-bond acceptors (Lipinski definition) is 3. The van der Waals surface area contributed by atoms with E-state index < -0.39 is 9.63 Å². The summed E-state index contributed by atoms with van der Waals surface area (Å²) < 4.78 is 22.3. The molecule has 0 amide bonds. The predicted octanol–water partition coefficient (Wildman–Crippen LogP) is 1.62. The van der Waals surface area contributed by atoms with Gasteiger partial charge in [-0.1, -0.05) is 18.2 Å². The van der Waals surface area contributed by atoms with Gasteiger partial charge in [-0.25, -0.2) is 4.21 Å². The Kier molecular flexibility index (Phi) is 2.56. The summed E-state index contributed by atoms with van der Waals surface area (Å²) in [6, 6.07) is 8.89. The summed E-state index contributed by atoms with van der Waals surface area (Å²) in [6.07, 6.45) is 1.46. The highest BCUT2D eigenvalue weighted by molar-refractivity contribution is 8.11. The minimum atomic E-state index is -3.54. The molecule has 1 aromatic rings. The third-order valence-corrected chi connectivity index (χ3v) is 4.90. The van der Waals surface area contributed by atoms with Crippen molar-refractivity contribution >= 4 is 9.63 Å². The molecule has 0 fully saturated rings. The molecule has 0 saturated carbocycles. The Morgan fingerprint density at radius 3 is 1.92 bits per heavy atom. The maximum absolute atomic E-state index is 12.3. The maximum Gasteiger partial charge on any atom is 0.110 e. The van der Waals surface area contributed by atoms with Crippen LogP contribution in [0.15, 0.2) is 35.2 Å². The lowest BCUT2D eigenvalue weighted by atomic mass is 10.4. The topological polar surface area (TPSA) is 35.5 Å². The molecule has 0 aliphatic heterocycles. The van der Waals surface area contributed by atoms with Gasteiger partial charge in [-0.05, 0) is 12.1 Å². The normalized spacial score (nSPS) is 14.8. The standard InChI is InChI=1S/C9H14O3S/c1-11-13(3,10,12-2)9-7-5-4-6-8-9/h4-8H,1-3H3. The average Bonchev–Trinajstić information content (AvgIpc) is 2.20. The second-order valence-electron chi connectivity index (χ2n) is 2.80. The van der Waals surface area contributed by atoms with Crippen molar-refractivity contribution in [1.29, 1.82) is 0 Å². The molecular formula is C9H14O3S. The molecule has 0 aromatic heterocycles. The van der Waals surface area contributed by atoms with Gasteiger partial charge in [0.05, 0.1) is 19.1 Å². The molecule has 0 saturated heterocycles. The van der Waals surface area contributed by atoms with Crippen LogP contribution in [0.5, 0.6) is 0 Å². The monoisotopic (exact) mass is 202 g/mol. The van der Waals surface area contributed by atoms with Crippen LogP contribution in [0.4, 0.5) is 0 Å². The lowest BCUT2D eigenvalue weighted by Gasteiger charge is -2.35. The van der Waals surface area contributed by atoms with Crippen LogP contribution in [0.25, 0.3) is 0 Å². The van der Waals surface area contributed by atoms with E-state index in [0.29, 0.717) is 4.90 Å². The van der Waals surface area contributed by atoms with Gasteiger partial charge in [-0.15, -0.1) is 0 Å². The smallest absolute Gasteiger partial charge is 0.110 e. The lowest BCUT2D eigenvalue weighted by Crippen LogP contribution is -2.34. The van der Waals surface area contributed by atoms with Crippen molar-refractivity contribution in [3.8, 4) is 0 Å². The highest BCUT2D eigenvalue weighted by Crippen LogP contribution is 2.33. The van der Waals surface area contributed by atoms with Crippen LogP contribution in [-0.4, -0.2) is 24.7 Å². The predicted molar refractivity (Wildman–Crippen MR) is 52.8 cm³/mol.